The van der Waals surface area contributed by atoms with Gasteiger partial charge in [-0.2, -0.15) is 0 Å². The van der Waals surface area contributed by atoms with E-state index in [1.807, 2.05) is 6.92 Å². The van der Waals surface area contributed by atoms with Crippen molar-refractivity contribution in [1.29, 1.82) is 0 Å². The SMILES string of the molecule is CCOC(=O)CC1Oc2cc(C)ccc2N(Cc2nc3c(F)c(F)c(F)cc3s2)C1=O. The smallest absolute Gasteiger partial charge is 0.310 e. The van der Waals surface area contributed by atoms with Gasteiger partial charge >= 0.3 is 5.97 Å². The van der Waals surface area contributed by atoms with Crippen molar-refractivity contribution in [1.82, 2.24) is 4.98 Å². The van der Waals surface area contributed by atoms with E-state index < -0.39 is 35.4 Å². The molecule has 31 heavy (non-hydrogen) atoms. The van der Waals surface area contributed by atoms with Gasteiger partial charge < -0.3 is 9.47 Å². The van der Waals surface area contributed by atoms with Crippen molar-refractivity contribution < 1.29 is 32.2 Å². The maximum Gasteiger partial charge on any atom is 0.310 e. The highest BCUT2D eigenvalue weighted by atomic mass is 32.1. The number of aromatic nitrogens is 1. The minimum atomic E-state index is -1.60. The van der Waals surface area contributed by atoms with E-state index in [4.69, 9.17) is 9.47 Å². The molecule has 3 aromatic rings. The molecule has 1 unspecified atom stereocenters. The number of hydrogen-bond donors (Lipinski definition) is 0. The molecule has 0 saturated carbocycles. The molecule has 6 nitrogen and oxygen atoms in total. The van der Waals surface area contributed by atoms with Crippen LogP contribution in [0.3, 0.4) is 0 Å². The maximum absolute atomic E-state index is 14.1. The molecule has 162 valence electrons. The zero-order valence-corrected chi connectivity index (χ0v) is 17.4. The second kappa shape index (κ2) is 8.18. The predicted octanol–water partition coefficient (Wildman–Crippen LogP) is 4.27. The fourth-order valence-corrected chi connectivity index (χ4v) is 4.30. The van der Waals surface area contributed by atoms with Crippen LogP contribution in [0.15, 0.2) is 24.3 Å². The maximum atomic E-state index is 14.1. The number of hydrogen-bond acceptors (Lipinski definition) is 6. The highest BCUT2D eigenvalue weighted by molar-refractivity contribution is 7.18. The molecule has 0 fully saturated rings. The van der Waals surface area contributed by atoms with Crippen LogP contribution in [-0.2, 0) is 20.9 Å². The first-order chi connectivity index (χ1) is 14.8. The number of amides is 1. The summed E-state index contributed by atoms with van der Waals surface area (Å²) in [5.41, 5.74) is 1.04. The Labute approximate surface area is 179 Å². The molecule has 0 saturated heterocycles. The van der Waals surface area contributed by atoms with Gasteiger partial charge in [-0.25, -0.2) is 18.2 Å². The van der Waals surface area contributed by atoms with Gasteiger partial charge in [0.1, 0.15) is 16.3 Å². The molecular weight excluding hydrogens is 433 g/mol. The highest BCUT2D eigenvalue weighted by Gasteiger charge is 2.37. The molecule has 0 bridgehead atoms. The van der Waals surface area contributed by atoms with E-state index >= 15 is 0 Å². The van der Waals surface area contributed by atoms with Crippen molar-refractivity contribution in [2.24, 2.45) is 0 Å². The molecule has 0 spiro atoms. The third-order valence-electron chi connectivity index (χ3n) is 4.73. The van der Waals surface area contributed by atoms with Gasteiger partial charge in [0.15, 0.2) is 23.6 Å². The van der Waals surface area contributed by atoms with Crippen LogP contribution in [0.1, 0.15) is 23.9 Å². The molecule has 1 atom stereocenters. The van der Waals surface area contributed by atoms with E-state index in [2.05, 4.69) is 4.98 Å². The highest BCUT2D eigenvalue weighted by Crippen LogP contribution is 2.37. The number of ether oxygens (including phenoxy) is 2. The molecule has 10 heteroatoms. The van der Waals surface area contributed by atoms with Crippen molar-refractivity contribution in [2.45, 2.75) is 32.9 Å². The van der Waals surface area contributed by atoms with Crippen LogP contribution in [0, 0.1) is 24.4 Å². The van der Waals surface area contributed by atoms with Crippen molar-refractivity contribution in [3.63, 3.8) is 0 Å². The molecule has 2 heterocycles. The topological polar surface area (TPSA) is 68.7 Å². The van der Waals surface area contributed by atoms with E-state index in [0.29, 0.717) is 11.4 Å². The fraction of sp³-hybridized carbons (Fsp3) is 0.286. The number of fused-ring (bicyclic) bond motifs is 2. The van der Waals surface area contributed by atoms with Gasteiger partial charge in [-0.15, -0.1) is 11.3 Å². The summed E-state index contributed by atoms with van der Waals surface area (Å²) in [5, 5.41) is 0.274. The van der Waals surface area contributed by atoms with Gasteiger partial charge in [0.05, 0.1) is 30.0 Å². The average molecular weight is 450 g/mol. The molecule has 4 rings (SSSR count). The Hall–Kier alpha value is -3.14. The van der Waals surface area contributed by atoms with Crippen molar-refractivity contribution in [2.75, 3.05) is 11.5 Å². The first-order valence-electron chi connectivity index (χ1n) is 9.45. The van der Waals surface area contributed by atoms with Crippen LogP contribution in [0.2, 0.25) is 0 Å². The Bertz CT molecular complexity index is 1200. The molecule has 0 radical (unpaired) electrons. The largest absolute Gasteiger partial charge is 0.478 e. The molecule has 1 amide bonds. The lowest BCUT2D eigenvalue weighted by atomic mass is 10.1. The summed E-state index contributed by atoms with van der Waals surface area (Å²) in [6, 6.07) is 6.08. The van der Waals surface area contributed by atoms with Gasteiger partial charge in [-0.1, -0.05) is 6.07 Å². The third kappa shape index (κ3) is 3.95. The Morgan fingerprint density at radius 1 is 1.26 bits per heavy atom. The third-order valence-corrected chi connectivity index (χ3v) is 5.72. The predicted molar refractivity (Wildman–Crippen MR) is 108 cm³/mol. The fourth-order valence-electron chi connectivity index (χ4n) is 3.32. The lowest BCUT2D eigenvalue weighted by Crippen LogP contribution is -2.46. The van der Waals surface area contributed by atoms with E-state index in [0.717, 1.165) is 23.0 Å². The van der Waals surface area contributed by atoms with Crippen LogP contribution in [0.5, 0.6) is 5.75 Å². The Morgan fingerprint density at radius 2 is 2.03 bits per heavy atom. The number of rotatable bonds is 5. The molecule has 1 aliphatic heterocycles. The first kappa shape index (κ1) is 21.1. The van der Waals surface area contributed by atoms with E-state index in [1.54, 1.807) is 25.1 Å². The van der Waals surface area contributed by atoms with Gasteiger partial charge in [0.2, 0.25) is 0 Å². The van der Waals surface area contributed by atoms with Crippen molar-refractivity contribution in [3.8, 4) is 5.75 Å². The number of esters is 1. The standard InChI is InChI=1S/C21H17F3N2O4S/c1-3-29-17(27)8-14-21(28)26(12-5-4-10(2)6-13(12)30-14)9-16-25-20-15(31-16)7-11(22)18(23)19(20)24/h4-7,14H,3,8-9H2,1-2H3. The van der Waals surface area contributed by atoms with E-state index in [-0.39, 0.29) is 34.8 Å². The van der Waals surface area contributed by atoms with Crippen LogP contribution in [0.4, 0.5) is 18.9 Å². The summed E-state index contributed by atoms with van der Waals surface area (Å²) >= 11 is 0.947. The van der Waals surface area contributed by atoms with E-state index in [9.17, 15) is 22.8 Å². The van der Waals surface area contributed by atoms with Crippen LogP contribution < -0.4 is 9.64 Å². The second-order valence-electron chi connectivity index (χ2n) is 6.95. The summed E-state index contributed by atoms with van der Waals surface area (Å²) in [6.45, 7) is 3.59. The lowest BCUT2D eigenvalue weighted by molar-refractivity contribution is -0.147. The van der Waals surface area contributed by atoms with Crippen LogP contribution >= 0.6 is 11.3 Å². The van der Waals surface area contributed by atoms with Gasteiger partial charge in [-0.3, -0.25) is 14.5 Å². The van der Waals surface area contributed by atoms with Crippen molar-refractivity contribution in [3.05, 3.63) is 52.3 Å². The zero-order chi connectivity index (χ0) is 22.3. The van der Waals surface area contributed by atoms with Gasteiger partial charge in [0.25, 0.3) is 5.91 Å². The number of nitrogens with zero attached hydrogens (tertiary/aromatic N) is 2. The summed E-state index contributed by atoms with van der Waals surface area (Å²) < 4.78 is 52.0. The summed E-state index contributed by atoms with van der Waals surface area (Å²) in [7, 11) is 0. The number of benzene rings is 2. The number of halogens is 3. The molecule has 0 aliphatic carbocycles. The minimum Gasteiger partial charge on any atom is -0.478 e. The molecular formula is C21H17F3N2O4S. The quantitative estimate of drug-likeness (QED) is 0.429. The number of thiazole rings is 1. The first-order valence-corrected chi connectivity index (χ1v) is 10.3. The Morgan fingerprint density at radius 3 is 2.77 bits per heavy atom. The van der Waals surface area contributed by atoms with E-state index in [1.165, 1.54) is 4.90 Å². The van der Waals surface area contributed by atoms with Gasteiger partial charge in [0, 0.05) is 0 Å². The number of aryl methyl sites for hydroxylation is 1. The molecule has 1 aliphatic rings. The minimum absolute atomic E-state index is 0.0837. The van der Waals surface area contributed by atoms with Crippen molar-refractivity contribution >= 4 is 39.1 Å². The van der Waals surface area contributed by atoms with Crippen LogP contribution in [-0.4, -0.2) is 29.6 Å². The summed E-state index contributed by atoms with van der Waals surface area (Å²) in [4.78, 5) is 30.4. The van der Waals surface area contributed by atoms with Crippen LogP contribution in [0.25, 0.3) is 10.2 Å². The lowest BCUT2D eigenvalue weighted by Gasteiger charge is -2.33. The Balaban J connectivity index is 1.70. The summed E-state index contributed by atoms with van der Waals surface area (Å²) in [6.07, 6.45) is -1.38. The zero-order valence-electron chi connectivity index (χ0n) is 16.6. The average Bonchev–Trinajstić information content (AvgIpc) is 3.12. The number of anilines is 1. The molecule has 0 N–H and O–H groups in total. The molecule has 2 aromatic carbocycles. The number of carbonyl (C=O) groups excluding carboxylic acids is 2. The Kier molecular flexibility index (Phi) is 5.57. The molecule has 1 aromatic heterocycles. The normalized spacial score (nSPS) is 15.7. The number of carbonyl (C=O) groups is 2. The second-order valence-corrected chi connectivity index (χ2v) is 8.07. The monoisotopic (exact) mass is 450 g/mol. The van der Waals surface area contributed by atoms with Gasteiger partial charge in [-0.05, 0) is 37.6 Å². The summed E-state index contributed by atoms with van der Waals surface area (Å²) in [5.74, 6) is -4.95.